The molecular weight excluding hydrogens is 306 g/mol. The Morgan fingerprint density at radius 2 is 1.96 bits per heavy atom. The molecule has 8 nitrogen and oxygen atoms in total. The van der Waals surface area contributed by atoms with Gasteiger partial charge in [-0.15, -0.1) is 0 Å². The first kappa shape index (κ1) is 16.0. The van der Waals surface area contributed by atoms with E-state index in [9.17, 15) is 4.79 Å². The van der Waals surface area contributed by atoms with Crippen LogP contribution in [-0.2, 0) is 14.1 Å². The molecule has 3 aromatic rings. The van der Waals surface area contributed by atoms with E-state index in [-0.39, 0.29) is 12.1 Å². The van der Waals surface area contributed by atoms with Crippen LogP contribution in [0, 0.1) is 13.8 Å². The summed E-state index contributed by atoms with van der Waals surface area (Å²) in [5, 5.41) is 15.2. The van der Waals surface area contributed by atoms with Gasteiger partial charge in [-0.05, 0) is 26.8 Å². The highest BCUT2D eigenvalue weighted by atomic mass is 16.2. The van der Waals surface area contributed by atoms with Gasteiger partial charge in [0.1, 0.15) is 0 Å². The monoisotopic (exact) mass is 327 g/mol. The third-order valence-electron chi connectivity index (χ3n) is 4.21. The van der Waals surface area contributed by atoms with Gasteiger partial charge in [0.05, 0.1) is 29.8 Å². The summed E-state index contributed by atoms with van der Waals surface area (Å²) in [5.41, 5.74) is 4.31. The number of hydrogen-bond acceptors (Lipinski definition) is 4. The maximum atomic E-state index is 12.2. The molecule has 2 N–H and O–H groups in total. The first-order chi connectivity index (χ1) is 11.4. The lowest BCUT2D eigenvalue weighted by Gasteiger charge is -2.14. The van der Waals surface area contributed by atoms with E-state index >= 15 is 0 Å². The molecule has 3 heterocycles. The molecule has 1 atom stereocenters. The first-order valence-electron chi connectivity index (χ1n) is 7.72. The average molecular weight is 327 g/mol. The Balaban J connectivity index is 1.73. The minimum absolute atomic E-state index is 0.143. The second-order valence-corrected chi connectivity index (χ2v) is 5.93. The van der Waals surface area contributed by atoms with E-state index in [0.717, 1.165) is 28.0 Å². The van der Waals surface area contributed by atoms with Crippen molar-refractivity contribution in [1.82, 2.24) is 29.9 Å². The molecule has 0 fully saturated rings. The molecule has 126 valence electrons. The number of carbonyl (C=O) groups excluding carboxylic acids is 1. The molecule has 0 aliphatic carbocycles. The van der Waals surface area contributed by atoms with Crippen LogP contribution in [0.3, 0.4) is 0 Å². The summed E-state index contributed by atoms with van der Waals surface area (Å²) in [4.78, 5) is 16.6. The van der Waals surface area contributed by atoms with E-state index in [2.05, 4.69) is 25.8 Å². The lowest BCUT2D eigenvalue weighted by molar-refractivity contribution is 0.249. The number of aromatic nitrogens is 5. The van der Waals surface area contributed by atoms with Gasteiger partial charge in [-0.1, -0.05) is 0 Å². The van der Waals surface area contributed by atoms with Crippen molar-refractivity contribution < 1.29 is 4.79 Å². The zero-order chi connectivity index (χ0) is 17.4. The number of hydrogen-bond donors (Lipinski definition) is 2. The summed E-state index contributed by atoms with van der Waals surface area (Å²) in [7, 11) is 3.72. The van der Waals surface area contributed by atoms with Gasteiger partial charge in [0.15, 0.2) is 5.65 Å². The Hall–Kier alpha value is -2.90. The molecule has 0 saturated carbocycles. The second kappa shape index (κ2) is 5.95. The van der Waals surface area contributed by atoms with Gasteiger partial charge >= 0.3 is 6.03 Å². The zero-order valence-corrected chi connectivity index (χ0v) is 14.5. The van der Waals surface area contributed by atoms with E-state index < -0.39 is 0 Å². The summed E-state index contributed by atoms with van der Waals surface area (Å²) >= 11 is 0. The molecule has 8 heteroatoms. The third kappa shape index (κ3) is 2.82. The summed E-state index contributed by atoms with van der Waals surface area (Å²) < 4.78 is 3.51. The van der Waals surface area contributed by atoms with E-state index in [1.165, 1.54) is 0 Å². The minimum Gasteiger partial charge on any atom is -0.331 e. The van der Waals surface area contributed by atoms with Crippen molar-refractivity contribution in [2.24, 2.45) is 14.1 Å². The molecule has 2 amide bonds. The van der Waals surface area contributed by atoms with E-state index in [1.807, 2.05) is 40.9 Å². The number of urea groups is 1. The lowest BCUT2D eigenvalue weighted by Crippen LogP contribution is -2.31. The highest BCUT2D eigenvalue weighted by Gasteiger charge is 2.15. The van der Waals surface area contributed by atoms with E-state index in [1.54, 1.807) is 21.8 Å². The maximum absolute atomic E-state index is 12.2. The van der Waals surface area contributed by atoms with E-state index in [0.29, 0.717) is 5.69 Å². The van der Waals surface area contributed by atoms with Gasteiger partial charge in [-0.3, -0.25) is 9.36 Å². The molecule has 3 aromatic heterocycles. The Kier molecular flexibility index (Phi) is 3.96. The maximum Gasteiger partial charge on any atom is 0.319 e. The smallest absolute Gasteiger partial charge is 0.319 e. The topological polar surface area (TPSA) is 89.7 Å². The Morgan fingerprint density at radius 1 is 1.21 bits per heavy atom. The van der Waals surface area contributed by atoms with Crippen molar-refractivity contribution in [2.45, 2.75) is 26.8 Å². The fourth-order valence-corrected chi connectivity index (χ4v) is 2.76. The first-order valence-corrected chi connectivity index (χ1v) is 7.72. The Morgan fingerprint density at radius 3 is 2.62 bits per heavy atom. The second-order valence-electron chi connectivity index (χ2n) is 5.93. The van der Waals surface area contributed by atoms with Crippen LogP contribution in [-0.4, -0.2) is 30.6 Å². The van der Waals surface area contributed by atoms with Gasteiger partial charge in [-0.2, -0.15) is 10.2 Å². The summed E-state index contributed by atoms with van der Waals surface area (Å²) in [6.45, 7) is 5.82. The Labute approximate surface area is 139 Å². The number of rotatable bonds is 3. The van der Waals surface area contributed by atoms with Crippen molar-refractivity contribution in [2.75, 3.05) is 5.32 Å². The number of nitrogens with zero attached hydrogens (tertiary/aromatic N) is 5. The Bertz CT molecular complexity index is 909. The fraction of sp³-hybridized carbons (Fsp3) is 0.375. The summed E-state index contributed by atoms with van der Waals surface area (Å²) in [6.07, 6.45) is 3.40. The van der Waals surface area contributed by atoms with Crippen LogP contribution in [0.5, 0.6) is 0 Å². The summed E-state index contributed by atoms with van der Waals surface area (Å²) in [5.74, 6) is 0. The van der Waals surface area contributed by atoms with E-state index in [4.69, 9.17) is 0 Å². The van der Waals surface area contributed by atoms with Gasteiger partial charge in [0.25, 0.3) is 0 Å². The molecular formula is C16H21N7O. The largest absolute Gasteiger partial charge is 0.331 e. The molecule has 0 aliphatic rings. The molecule has 0 spiro atoms. The number of fused-ring (bicyclic) bond motifs is 1. The van der Waals surface area contributed by atoms with Crippen LogP contribution >= 0.6 is 0 Å². The molecule has 1 unspecified atom stereocenters. The highest BCUT2D eigenvalue weighted by molar-refractivity contribution is 5.92. The number of nitrogens with one attached hydrogen (secondary N) is 2. The number of amides is 2. The number of carbonyl (C=O) groups is 1. The number of pyridine rings is 1. The van der Waals surface area contributed by atoms with Gasteiger partial charge in [0.2, 0.25) is 0 Å². The predicted octanol–water partition coefficient (Wildman–Crippen LogP) is 2.20. The normalized spacial score (nSPS) is 12.4. The predicted molar refractivity (Wildman–Crippen MR) is 91.8 cm³/mol. The van der Waals surface area contributed by atoms with Crippen LogP contribution in [0.25, 0.3) is 11.0 Å². The number of anilines is 1. The minimum atomic E-state index is -0.284. The number of aryl methyl sites for hydroxylation is 3. The van der Waals surface area contributed by atoms with Crippen LogP contribution in [0.4, 0.5) is 10.5 Å². The van der Waals surface area contributed by atoms with Crippen LogP contribution in [0.15, 0.2) is 18.5 Å². The van der Waals surface area contributed by atoms with Crippen molar-refractivity contribution in [3.8, 4) is 0 Å². The third-order valence-corrected chi connectivity index (χ3v) is 4.21. The van der Waals surface area contributed by atoms with Crippen LogP contribution in [0.2, 0.25) is 0 Å². The molecule has 3 rings (SSSR count). The van der Waals surface area contributed by atoms with Crippen molar-refractivity contribution >= 4 is 22.8 Å². The molecule has 0 bridgehead atoms. The molecule has 0 aromatic carbocycles. The van der Waals surface area contributed by atoms with Crippen molar-refractivity contribution in [1.29, 1.82) is 0 Å². The highest BCUT2D eigenvalue weighted by Crippen LogP contribution is 2.20. The van der Waals surface area contributed by atoms with Crippen molar-refractivity contribution in [3.63, 3.8) is 0 Å². The zero-order valence-electron chi connectivity index (χ0n) is 14.5. The lowest BCUT2D eigenvalue weighted by atomic mass is 10.1. The average Bonchev–Trinajstić information content (AvgIpc) is 3.00. The fourth-order valence-electron chi connectivity index (χ4n) is 2.76. The molecule has 0 radical (unpaired) electrons. The molecule has 24 heavy (non-hydrogen) atoms. The SMILES string of the molecule is Cc1nn(C)c2ncc(NC(=O)NC(C)c3cnn(C)c3C)cc12. The standard InChI is InChI=1S/C16H21N7O/c1-9(14-8-18-22(4)11(14)3)19-16(24)20-12-6-13-10(2)21-23(5)15(13)17-7-12/h6-9H,1-5H3,(H2,19,20,24). The van der Waals surface area contributed by atoms with Gasteiger partial charge in [-0.25, -0.2) is 9.78 Å². The quantitative estimate of drug-likeness (QED) is 0.772. The van der Waals surface area contributed by atoms with Crippen LogP contribution in [0.1, 0.15) is 29.9 Å². The van der Waals surface area contributed by atoms with Crippen LogP contribution < -0.4 is 10.6 Å². The van der Waals surface area contributed by atoms with Gasteiger partial charge < -0.3 is 10.6 Å². The summed E-state index contributed by atoms with van der Waals surface area (Å²) in [6, 6.07) is 1.45. The molecule has 0 aliphatic heterocycles. The van der Waals surface area contributed by atoms with Gasteiger partial charge in [0, 0.05) is 30.7 Å². The molecule has 0 saturated heterocycles. The van der Waals surface area contributed by atoms with Crippen molar-refractivity contribution in [3.05, 3.63) is 35.4 Å².